The van der Waals surface area contributed by atoms with Crippen molar-refractivity contribution in [1.29, 1.82) is 0 Å². The second kappa shape index (κ2) is 7.87. The number of nitrogens with zero attached hydrogens (tertiary/aromatic N) is 1. The van der Waals surface area contributed by atoms with Crippen molar-refractivity contribution in [3.8, 4) is 0 Å². The first kappa shape index (κ1) is 12.2. The summed E-state index contributed by atoms with van der Waals surface area (Å²) in [6.45, 7) is 8.56. The monoisotopic (exact) mass is 205 g/mol. The molecule has 1 rings (SSSR count). The minimum atomic E-state index is 1.05. The van der Waals surface area contributed by atoms with Crippen molar-refractivity contribution in [3.05, 3.63) is 0 Å². The number of hydrogen-bond acceptors (Lipinski definition) is 2. The first-order valence-electron chi connectivity index (χ1n) is 4.55. The highest BCUT2D eigenvalue weighted by atomic mass is 32.2. The van der Waals surface area contributed by atoms with Crippen LogP contribution in [0.25, 0.3) is 0 Å². The molecular formula is C9H19NS2. The van der Waals surface area contributed by atoms with Crippen LogP contribution in [-0.2, 0) is 0 Å². The molecule has 0 N–H and O–H groups in total. The van der Waals surface area contributed by atoms with E-state index < -0.39 is 0 Å². The molecule has 0 saturated carbocycles. The van der Waals surface area contributed by atoms with Gasteiger partial charge < -0.3 is 4.90 Å². The Morgan fingerprint density at radius 3 is 2.00 bits per heavy atom. The van der Waals surface area contributed by atoms with Gasteiger partial charge in [-0.05, 0) is 6.92 Å². The van der Waals surface area contributed by atoms with E-state index in [9.17, 15) is 0 Å². The van der Waals surface area contributed by atoms with Gasteiger partial charge in [0, 0.05) is 24.6 Å². The van der Waals surface area contributed by atoms with E-state index in [4.69, 9.17) is 12.2 Å². The van der Waals surface area contributed by atoms with Crippen LogP contribution >= 0.6 is 24.0 Å². The van der Waals surface area contributed by atoms with E-state index in [1.54, 1.807) is 0 Å². The fourth-order valence-corrected chi connectivity index (χ4v) is 1.96. The Bertz CT molecular complexity index is 120. The Hall–Kier alpha value is 0.240. The highest BCUT2D eigenvalue weighted by Crippen LogP contribution is 2.09. The molecule has 1 saturated heterocycles. The molecule has 0 aliphatic carbocycles. The van der Waals surface area contributed by atoms with Gasteiger partial charge >= 0.3 is 0 Å². The predicted molar refractivity (Wildman–Crippen MR) is 63.1 cm³/mol. The van der Waals surface area contributed by atoms with Gasteiger partial charge in [-0.15, -0.1) is 0 Å². The summed E-state index contributed by atoms with van der Waals surface area (Å²) in [4.78, 5) is 3.32. The molecule has 1 aliphatic rings. The number of hydrogen-bond donors (Lipinski definition) is 0. The summed E-state index contributed by atoms with van der Waals surface area (Å²) in [5.41, 5.74) is 0. The van der Waals surface area contributed by atoms with E-state index in [1.807, 2.05) is 18.7 Å². The standard InChI is InChI=1S/C6H11NS2.C3H8/c1-6(8)7-2-4-9-5-3-7;1-3-2/h2-5H2,1H3;3H2,1-2H3. The van der Waals surface area contributed by atoms with Crippen LogP contribution in [0.1, 0.15) is 27.2 Å². The van der Waals surface area contributed by atoms with Gasteiger partial charge in [0.2, 0.25) is 0 Å². The molecule has 1 aliphatic heterocycles. The van der Waals surface area contributed by atoms with Gasteiger partial charge in [-0.1, -0.05) is 32.5 Å². The van der Waals surface area contributed by atoms with Crippen LogP contribution in [0.2, 0.25) is 0 Å². The lowest BCUT2D eigenvalue weighted by atomic mass is 10.5. The minimum absolute atomic E-state index is 1.05. The van der Waals surface area contributed by atoms with E-state index in [2.05, 4.69) is 18.7 Å². The largest absolute Gasteiger partial charge is 0.365 e. The average molecular weight is 205 g/mol. The fourth-order valence-electron chi connectivity index (χ4n) is 0.878. The van der Waals surface area contributed by atoms with Crippen molar-refractivity contribution in [2.75, 3.05) is 24.6 Å². The average Bonchev–Trinajstić information content (AvgIpc) is 2.07. The number of rotatable bonds is 0. The summed E-state index contributed by atoms with van der Waals surface area (Å²) < 4.78 is 0. The second-order valence-electron chi connectivity index (χ2n) is 2.83. The fraction of sp³-hybridized carbons (Fsp3) is 0.889. The molecule has 72 valence electrons. The quantitative estimate of drug-likeness (QED) is 0.560. The van der Waals surface area contributed by atoms with Gasteiger partial charge in [0.25, 0.3) is 0 Å². The summed E-state index contributed by atoms with van der Waals surface area (Å²) in [7, 11) is 0. The molecule has 1 nitrogen and oxygen atoms in total. The zero-order valence-corrected chi connectivity index (χ0v) is 9.93. The van der Waals surface area contributed by atoms with E-state index in [-0.39, 0.29) is 0 Å². The maximum Gasteiger partial charge on any atom is 0.0748 e. The highest BCUT2D eigenvalue weighted by molar-refractivity contribution is 7.99. The molecule has 12 heavy (non-hydrogen) atoms. The molecule has 0 aromatic heterocycles. The Labute approximate surface area is 85.9 Å². The van der Waals surface area contributed by atoms with Gasteiger partial charge in [0.1, 0.15) is 0 Å². The van der Waals surface area contributed by atoms with Crippen molar-refractivity contribution >= 4 is 29.0 Å². The van der Waals surface area contributed by atoms with E-state index in [0.717, 1.165) is 18.1 Å². The Balaban J connectivity index is 0.000000354. The van der Waals surface area contributed by atoms with Crippen molar-refractivity contribution in [2.45, 2.75) is 27.2 Å². The van der Waals surface area contributed by atoms with Gasteiger partial charge in [-0.25, -0.2) is 0 Å². The van der Waals surface area contributed by atoms with Crippen molar-refractivity contribution < 1.29 is 0 Å². The Morgan fingerprint density at radius 1 is 1.33 bits per heavy atom. The van der Waals surface area contributed by atoms with Crippen molar-refractivity contribution in [2.24, 2.45) is 0 Å². The lowest BCUT2D eigenvalue weighted by Gasteiger charge is -2.26. The van der Waals surface area contributed by atoms with Crippen LogP contribution in [0.4, 0.5) is 0 Å². The summed E-state index contributed by atoms with van der Waals surface area (Å²) in [6.07, 6.45) is 1.25. The molecular weight excluding hydrogens is 186 g/mol. The van der Waals surface area contributed by atoms with E-state index >= 15 is 0 Å². The molecule has 0 radical (unpaired) electrons. The van der Waals surface area contributed by atoms with Gasteiger partial charge in [0.15, 0.2) is 0 Å². The Kier molecular flexibility index (Phi) is 8.02. The minimum Gasteiger partial charge on any atom is -0.365 e. The molecule has 1 heterocycles. The molecule has 0 aromatic rings. The predicted octanol–water partition coefficient (Wildman–Crippen LogP) is 2.80. The van der Waals surface area contributed by atoms with Crippen LogP contribution in [0.3, 0.4) is 0 Å². The third kappa shape index (κ3) is 5.84. The van der Waals surface area contributed by atoms with Gasteiger partial charge in [0.05, 0.1) is 4.99 Å². The summed E-state index contributed by atoms with van der Waals surface area (Å²) in [5, 5.41) is 0. The normalized spacial score (nSPS) is 16.4. The molecule has 0 aromatic carbocycles. The van der Waals surface area contributed by atoms with E-state index in [0.29, 0.717) is 0 Å². The van der Waals surface area contributed by atoms with Crippen LogP contribution in [0.15, 0.2) is 0 Å². The van der Waals surface area contributed by atoms with Crippen LogP contribution < -0.4 is 0 Å². The maximum absolute atomic E-state index is 5.03. The first-order valence-corrected chi connectivity index (χ1v) is 6.11. The smallest absolute Gasteiger partial charge is 0.0748 e. The summed E-state index contributed by atoms with van der Waals surface area (Å²) in [6, 6.07) is 0. The van der Waals surface area contributed by atoms with Crippen LogP contribution in [0, 0.1) is 0 Å². The summed E-state index contributed by atoms with van der Waals surface area (Å²) in [5.74, 6) is 2.49. The molecule has 0 amide bonds. The molecule has 0 atom stereocenters. The van der Waals surface area contributed by atoms with Gasteiger partial charge in [-0.2, -0.15) is 11.8 Å². The third-order valence-corrected chi connectivity index (χ3v) is 2.66. The number of thiocarbonyl (C=S) groups is 1. The molecule has 0 unspecified atom stereocenters. The van der Waals surface area contributed by atoms with E-state index in [1.165, 1.54) is 17.9 Å². The van der Waals surface area contributed by atoms with Crippen LogP contribution in [0.5, 0.6) is 0 Å². The van der Waals surface area contributed by atoms with Crippen LogP contribution in [-0.4, -0.2) is 34.5 Å². The topological polar surface area (TPSA) is 3.24 Å². The molecule has 0 spiro atoms. The molecule has 3 heteroatoms. The zero-order valence-electron chi connectivity index (χ0n) is 8.30. The van der Waals surface area contributed by atoms with Gasteiger partial charge in [-0.3, -0.25) is 0 Å². The SMILES string of the molecule is CC(=S)N1CCSCC1.CCC. The second-order valence-corrected chi connectivity index (χ2v) is 4.64. The molecule has 1 fully saturated rings. The maximum atomic E-state index is 5.03. The first-order chi connectivity index (χ1) is 5.72. The molecule has 0 bridgehead atoms. The lowest BCUT2D eigenvalue weighted by molar-refractivity contribution is 0.469. The van der Waals surface area contributed by atoms with Crippen molar-refractivity contribution in [3.63, 3.8) is 0 Å². The highest BCUT2D eigenvalue weighted by Gasteiger charge is 2.08. The zero-order chi connectivity index (χ0) is 9.40. The third-order valence-electron chi connectivity index (χ3n) is 1.46. The lowest BCUT2D eigenvalue weighted by Crippen LogP contribution is -2.35. The number of thioether (sulfide) groups is 1. The summed E-state index contributed by atoms with van der Waals surface area (Å²) >= 11 is 7.05. The van der Waals surface area contributed by atoms with Crippen molar-refractivity contribution in [1.82, 2.24) is 4.90 Å². The Morgan fingerprint density at radius 2 is 1.75 bits per heavy atom.